The Morgan fingerprint density at radius 2 is 2.47 bits per heavy atom. The molecule has 1 saturated heterocycles. The van der Waals surface area contributed by atoms with Gasteiger partial charge in [-0.3, -0.25) is 9.89 Å². The van der Waals surface area contributed by atoms with E-state index in [9.17, 15) is 4.79 Å². The lowest BCUT2D eigenvalue weighted by Gasteiger charge is -2.34. The van der Waals surface area contributed by atoms with E-state index in [1.807, 2.05) is 0 Å². The number of nitrogens with zero attached hydrogens (tertiary/aromatic N) is 2. The molecule has 82 valence electrons. The number of nitrogens with one attached hydrogen (secondary N) is 1. The number of carbonyl (C=O) groups excluding carboxylic acids is 1. The summed E-state index contributed by atoms with van der Waals surface area (Å²) >= 11 is 0. The Morgan fingerprint density at radius 3 is 3.07 bits per heavy atom. The predicted octanol–water partition coefficient (Wildman–Crippen LogP) is 0.219. The zero-order valence-electron chi connectivity index (χ0n) is 8.81. The van der Waals surface area contributed by atoms with Gasteiger partial charge < -0.3 is 10.6 Å². The second kappa shape index (κ2) is 4.02. The molecule has 0 spiro atoms. The minimum atomic E-state index is -0.00509. The third kappa shape index (κ3) is 2.18. The van der Waals surface area contributed by atoms with E-state index in [-0.39, 0.29) is 11.9 Å². The molecule has 0 radical (unpaired) electrons. The van der Waals surface area contributed by atoms with Crippen LogP contribution >= 0.6 is 0 Å². The molecule has 5 nitrogen and oxygen atoms in total. The van der Waals surface area contributed by atoms with Crippen LogP contribution in [0.2, 0.25) is 0 Å². The molecule has 1 aromatic rings. The summed E-state index contributed by atoms with van der Waals surface area (Å²) in [5.74, 6) is 0.468. The number of H-pyrrole nitrogens is 1. The minimum absolute atomic E-state index is 0.00509. The number of rotatable bonds is 1. The fraction of sp³-hybridized carbons (Fsp3) is 0.600. The van der Waals surface area contributed by atoms with Crippen LogP contribution in [0.5, 0.6) is 0 Å². The maximum atomic E-state index is 12.0. The average molecular weight is 208 g/mol. The van der Waals surface area contributed by atoms with Crippen molar-refractivity contribution in [1.29, 1.82) is 0 Å². The van der Waals surface area contributed by atoms with Crippen LogP contribution in [0.3, 0.4) is 0 Å². The Morgan fingerprint density at radius 1 is 1.67 bits per heavy atom. The quantitative estimate of drug-likeness (QED) is 0.693. The van der Waals surface area contributed by atoms with Crippen LogP contribution < -0.4 is 5.73 Å². The van der Waals surface area contributed by atoms with E-state index < -0.39 is 0 Å². The molecule has 0 bridgehead atoms. The Balaban J connectivity index is 2.07. The van der Waals surface area contributed by atoms with Gasteiger partial charge in [0.2, 0.25) is 0 Å². The highest BCUT2D eigenvalue weighted by Crippen LogP contribution is 2.16. The summed E-state index contributed by atoms with van der Waals surface area (Å²) in [6.45, 7) is 3.54. The van der Waals surface area contributed by atoms with Gasteiger partial charge in [-0.1, -0.05) is 6.92 Å². The molecule has 2 heterocycles. The number of aromatic amines is 1. The molecule has 1 aromatic heterocycles. The van der Waals surface area contributed by atoms with Crippen LogP contribution in [0.4, 0.5) is 0 Å². The van der Waals surface area contributed by atoms with Crippen LogP contribution in [-0.4, -0.2) is 40.1 Å². The minimum Gasteiger partial charge on any atom is -0.336 e. The van der Waals surface area contributed by atoms with Crippen molar-refractivity contribution in [2.24, 2.45) is 11.7 Å². The Hall–Kier alpha value is -1.36. The molecule has 1 aliphatic rings. The molecule has 2 unspecified atom stereocenters. The van der Waals surface area contributed by atoms with E-state index in [1.54, 1.807) is 17.2 Å². The summed E-state index contributed by atoms with van der Waals surface area (Å²) in [7, 11) is 0. The second-order valence-electron chi connectivity index (χ2n) is 4.28. The number of carbonyl (C=O) groups is 1. The predicted molar refractivity (Wildman–Crippen MR) is 56.2 cm³/mol. The number of likely N-dealkylation sites (tertiary alicyclic amines) is 1. The summed E-state index contributed by atoms with van der Waals surface area (Å²) in [4.78, 5) is 13.7. The van der Waals surface area contributed by atoms with Gasteiger partial charge >= 0.3 is 0 Å². The van der Waals surface area contributed by atoms with Gasteiger partial charge in [-0.15, -0.1) is 0 Å². The first-order valence-electron chi connectivity index (χ1n) is 5.21. The molecule has 1 amide bonds. The van der Waals surface area contributed by atoms with Crippen molar-refractivity contribution in [2.75, 3.05) is 13.1 Å². The van der Waals surface area contributed by atoms with Crippen molar-refractivity contribution in [2.45, 2.75) is 19.4 Å². The number of hydrogen-bond acceptors (Lipinski definition) is 3. The number of piperidine rings is 1. The van der Waals surface area contributed by atoms with Gasteiger partial charge in [0.15, 0.2) is 0 Å². The zero-order chi connectivity index (χ0) is 10.8. The standard InChI is InChI=1S/C10H16N4O/c1-7-4-8(11)6-14(5-7)10(15)9-2-3-12-13-9/h2-3,7-8H,4-6,11H2,1H3,(H,12,13). The fourth-order valence-electron chi connectivity index (χ4n) is 2.11. The van der Waals surface area contributed by atoms with E-state index in [0.29, 0.717) is 18.2 Å². The van der Waals surface area contributed by atoms with Gasteiger partial charge in [-0.25, -0.2) is 0 Å². The van der Waals surface area contributed by atoms with Crippen molar-refractivity contribution in [3.05, 3.63) is 18.0 Å². The van der Waals surface area contributed by atoms with Crippen LogP contribution in [-0.2, 0) is 0 Å². The fourth-order valence-corrected chi connectivity index (χ4v) is 2.11. The molecule has 15 heavy (non-hydrogen) atoms. The van der Waals surface area contributed by atoms with Crippen LogP contribution in [0, 0.1) is 5.92 Å². The Bertz CT molecular complexity index is 325. The molecule has 0 aliphatic carbocycles. The van der Waals surface area contributed by atoms with Crippen molar-refractivity contribution < 1.29 is 4.79 Å². The van der Waals surface area contributed by atoms with E-state index in [4.69, 9.17) is 5.73 Å². The zero-order valence-corrected chi connectivity index (χ0v) is 8.81. The number of nitrogens with two attached hydrogens (primary N) is 1. The van der Waals surface area contributed by atoms with E-state index >= 15 is 0 Å². The summed E-state index contributed by atoms with van der Waals surface area (Å²) < 4.78 is 0. The van der Waals surface area contributed by atoms with Crippen molar-refractivity contribution in [1.82, 2.24) is 15.1 Å². The molecule has 2 rings (SSSR count). The first-order valence-corrected chi connectivity index (χ1v) is 5.21. The average Bonchev–Trinajstić information content (AvgIpc) is 2.67. The van der Waals surface area contributed by atoms with Gasteiger partial charge in [-0.05, 0) is 18.4 Å². The maximum Gasteiger partial charge on any atom is 0.271 e. The highest BCUT2D eigenvalue weighted by molar-refractivity contribution is 5.92. The summed E-state index contributed by atoms with van der Waals surface area (Å²) in [5.41, 5.74) is 6.43. The number of amides is 1. The van der Waals surface area contributed by atoms with Crippen molar-refractivity contribution in [3.8, 4) is 0 Å². The molecule has 5 heteroatoms. The monoisotopic (exact) mass is 208 g/mol. The highest BCUT2D eigenvalue weighted by atomic mass is 16.2. The molecule has 0 aromatic carbocycles. The van der Waals surface area contributed by atoms with E-state index in [1.165, 1.54) is 0 Å². The third-order valence-corrected chi connectivity index (χ3v) is 2.71. The number of aromatic nitrogens is 2. The SMILES string of the molecule is CC1CC(N)CN(C(=O)c2ccn[nH]2)C1. The highest BCUT2D eigenvalue weighted by Gasteiger charge is 2.26. The lowest BCUT2D eigenvalue weighted by Crippen LogP contribution is -2.48. The smallest absolute Gasteiger partial charge is 0.271 e. The summed E-state index contributed by atoms with van der Waals surface area (Å²) in [6, 6.07) is 1.79. The molecule has 0 saturated carbocycles. The van der Waals surface area contributed by atoms with Gasteiger partial charge in [0.1, 0.15) is 5.69 Å². The topological polar surface area (TPSA) is 75.0 Å². The lowest BCUT2D eigenvalue weighted by molar-refractivity contribution is 0.0655. The molecule has 2 atom stereocenters. The van der Waals surface area contributed by atoms with Crippen molar-refractivity contribution in [3.63, 3.8) is 0 Å². The van der Waals surface area contributed by atoms with Gasteiger partial charge in [0.05, 0.1) is 0 Å². The van der Waals surface area contributed by atoms with E-state index in [0.717, 1.165) is 13.0 Å². The first-order chi connectivity index (χ1) is 7.16. The largest absolute Gasteiger partial charge is 0.336 e. The van der Waals surface area contributed by atoms with Gasteiger partial charge in [0.25, 0.3) is 5.91 Å². The van der Waals surface area contributed by atoms with Gasteiger partial charge in [0, 0.05) is 25.3 Å². The molecular weight excluding hydrogens is 192 g/mol. The summed E-state index contributed by atoms with van der Waals surface area (Å²) in [6.07, 6.45) is 2.58. The van der Waals surface area contributed by atoms with Crippen LogP contribution in [0.1, 0.15) is 23.8 Å². The van der Waals surface area contributed by atoms with Crippen LogP contribution in [0.15, 0.2) is 12.3 Å². The van der Waals surface area contributed by atoms with Crippen LogP contribution in [0.25, 0.3) is 0 Å². The Labute approximate surface area is 88.6 Å². The number of hydrogen-bond donors (Lipinski definition) is 2. The maximum absolute atomic E-state index is 12.0. The Kier molecular flexibility index (Phi) is 2.73. The van der Waals surface area contributed by atoms with E-state index in [2.05, 4.69) is 17.1 Å². The molecule has 3 N–H and O–H groups in total. The molecule has 1 fully saturated rings. The summed E-state index contributed by atoms with van der Waals surface area (Å²) in [5, 5.41) is 6.45. The molecule has 1 aliphatic heterocycles. The van der Waals surface area contributed by atoms with Crippen molar-refractivity contribution >= 4 is 5.91 Å². The normalized spacial score (nSPS) is 26.7. The van der Waals surface area contributed by atoms with Gasteiger partial charge in [-0.2, -0.15) is 5.10 Å². The second-order valence-corrected chi connectivity index (χ2v) is 4.28. The first kappa shape index (κ1) is 10.2. The third-order valence-electron chi connectivity index (χ3n) is 2.71. The lowest BCUT2D eigenvalue weighted by atomic mass is 9.96. The molecular formula is C10H16N4O.